The van der Waals surface area contributed by atoms with E-state index in [-0.39, 0.29) is 5.97 Å². The van der Waals surface area contributed by atoms with Crippen LogP contribution in [0.5, 0.6) is 0 Å². The lowest BCUT2D eigenvalue weighted by Crippen LogP contribution is -2.31. The zero-order valence-electron chi connectivity index (χ0n) is 13.0. The highest BCUT2D eigenvalue weighted by Crippen LogP contribution is 2.14. The largest absolute Gasteiger partial charge is 0.465 e. The number of ether oxygens (including phenoxy) is 1. The van der Waals surface area contributed by atoms with Crippen molar-refractivity contribution >= 4 is 5.97 Å². The predicted molar refractivity (Wildman–Crippen MR) is 86.5 cm³/mol. The van der Waals surface area contributed by atoms with Gasteiger partial charge in [-0.15, -0.1) is 0 Å². The maximum atomic E-state index is 12.1. The fourth-order valence-electron chi connectivity index (χ4n) is 2.19. The molecule has 1 N–H and O–H groups in total. The molecule has 0 saturated carbocycles. The van der Waals surface area contributed by atoms with Gasteiger partial charge in [-0.25, -0.2) is 4.79 Å². The number of nitriles is 1. The van der Waals surface area contributed by atoms with Crippen molar-refractivity contribution in [2.45, 2.75) is 19.4 Å². The van der Waals surface area contributed by atoms with Gasteiger partial charge in [-0.05, 0) is 24.6 Å². The normalized spacial score (nSPS) is 11.5. The van der Waals surface area contributed by atoms with Crippen molar-refractivity contribution in [1.29, 1.82) is 5.26 Å². The second-order valence-electron chi connectivity index (χ2n) is 4.95. The highest BCUT2D eigenvalue weighted by Gasteiger charge is 2.20. The molecule has 1 unspecified atom stereocenters. The number of aromatic nitrogens is 1. The molecule has 1 aromatic carbocycles. The molecular weight excluding hydrogens is 290 g/mol. The van der Waals surface area contributed by atoms with Crippen LogP contribution in [-0.4, -0.2) is 24.1 Å². The van der Waals surface area contributed by atoms with Gasteiger partial charge in [0.1, 0.15) is 12.1 Å². The number of hydrogen-bond donors (Lipinski definition) is 1. The molecule has 1 heterocycles. The van der Waals surface area contributed by atoms with Gasteiger partial charge in [0.2, 0.25) is 0 Å². The summed E-state index contributed by atoms with van der Waals surface area (Å²) in [5, 5.41) is 12.0. The molecule has 5 heteroatoms. The molecular formula is C18H19N3O2. The van der Waals surface area contributed by atoms with E-state index in [4.69, 9.17) is 10.00 Å². The number of rotatable bonds is 7. The van der Waals surface area contributed by atoms with Gasteiger partial charge in [0.25, 0.3) is 0 Å². The minimum atomic E-state index is -0.491. The van der Waals surface area contributed by atoms with Crippen molar-refractivity contribution < 1.29 is 9.53 Å². The fraction of sp³-hybridized carbons (Fsp3) is 0.278. The lowest BCUT2D eigenvalue weighted by molar-refractivity contribution is -0.145. The molecule has 0 aliphatic carbocycles. The van der Waals surface area contributed by atoms with E-state index < -0.39 is 6.04 Å². The van der Waals surface area contributed by atoms with E-state index >= 15 is 0 Å². The lowest BCUT2D eigenvalue weighted by atomic mass is 10.1. The Morgan fingerprint density at radius 3 is 2.70 bits per heavy atom. The van der Waals surface area contributed by atoms with Crippen molar-refractivity contribution in [1.82, 2.24) is 10.3 Å². The molecule has 0 radical (unpaired) electrons. The molecule has 2 aromatic rings. The molecule has 118 valence electrons. The summed E-state index contributed by atoms with van der Waals surface area (Å²) >= 11 is 0. The molecule has 0 spiro atoms. The summed E-state index contributed by atoms with van der Waals surface area (Å²) < 4.78 is 5.14. The third-order valence-corrected chi connectivity index (χ3v) is 3.34. The van der Waals surface area contributed by atoms with Crippen molar-refractivity contribution in [3.8, 4) is 6.07 Å². The number of hydrogen-bond acceptors (Lipinski definition) is 5. The van der Waals surface area contributed by atoms with E-state index in [1.54, 1.807) is 19.2 Å². The molecule has 1 aromatic heterocycles. The van der Waals surface area contributed by atoms with Gasteiger partial charge >= 0.3 is 5.97 Å². The first-order chi connectivity index (χ1) is 11.2. The van der Waals surface area contributed by atoms with E-state index in [0.29, 0.717) is 25.1 Å². The number of carbonyl (C=O) groups is 1. The summed E-state index contributed by atoms with van der Waals surface area (Å²) in [5.41, 5.74) is 2.28. The SMILES string of the molecule is CCOC(=O)C(NCCc1ccc(C#N)cn1)c1ccccc1. The Hall–Kier alpha value is -2.71. The first-order valence-electron chi connectivity index (χ1n) is 7.54. The van der Waals surface area contributed by atoms with Crippen LogP contribution in [0, 0.1) is 11.3 Å². The van der Waals surface area contributed by atoms with Crippen LogP contribution in [0.25, 0.3) is 0 Å². The molecule has 0 fully saturated rings. The van der Waals surface area contributed by atoms with Crippen molar-refractivity contribution in [3.63, 3.8) is 0 Å². The van der Waals surface area contributed by atoms with Crippen molar-refractivity contribution in [3.05, 3.63) is 65.5 Å². The van der Waals surface area contributed by atoms with E-state index in [1.165, 1.54) is 0 Å². The number of esters is 1. The molecule has 2 rings (SSSR count). The third-order valence-electron chi connectivity index (χ3n) is 3.34. The van der Waals surface area contributed by atoms with Crippen LogP contribution in [0.1, 0.15) is 29.8 Å². The first-order valence-corrected chi connectivity index (χ1v) is 7.54. The highest BCUT2D eigenvalue weighted by atomic mass is 16.5. The van der Waals surface area contributed by atoms with Crippen molar-refractivity contribution in [2.24, 2.45) is 0 Å². The Morgan fingerprint density at radius 1 is 1.30 bits per heavy atom. The van der Waals surface area contributed by atoms with Crippen LogP contribution < -0.4 is 5.32 Å². The van der Waals surface area contributed by atoms with Crippen LogP contribution in [0.3, 0.4) is 0 Å². The quantitative estimate of drug-likeness (QED) is 0.795. The Bertz CT molecular complexity index is 663. The van der Waals surface area contributed by atoms with Crippen LogP contribution in [-0.2, 0) is 16.0 Å². The third kappa shape index (κ3) is 4.90. The zero-order valence-corrected chi connectivity index (χ0v) is 13.0. The van der Waals surface area contributed by atoms with E-state index in [0.717, 1.165) is 11.3 Å². The highest BCUT2D eigenvalue weighted by molar-refractivity contribution is 5.77. The number of nitrogens with zero attached hydrogens (tertiary/aromatic N) is 2. The molecule has 0 bridgehead atoms. The molecule has 0 aliphatic heterocycles. The number of nitrogens with one attached hydrogen (secondary N) is 1. The van der Waals surface area contributed by atoms with Gasteiger partial charge in [-0.3, -0.25) is 4.98 Å². The Kier molecular flexibility index (Phi) is 6.28. The predicted octanol–water partition coefficient (Wildman–Crippen LogP) is 2.39. The second kappa shape index (κ2) is 8.66. The Morgan fingerprint density at radius 2 is 2.09 bits per heavy atom. The maximum Gasteiger partial charge on any atom is 0.327 e. The fourth-order valence-corrected chi connectivity index (χ4v) is 2.19. The van der Waals surface area contributed by atoms with E-state index in [1.807, 2.05) is 42.5 Å². The number of pyridine rings is 1. The van der Waals surface area contributed by atoms with E-state index in [9.17, 15) is 4.79 Å². The molecule has 5 nitrogen and oxygen atoms in total. The minimum absolute atomic E-state index is 0.286. The number of carbonyl (C=O) groups excluding carboxylic acids is 1. The van der Waals surface area contributed by atoms with Gasteiger partial charge < -0.3 is 10.1 Å². The monoisotopic (exact) mass is 309 g/mol. The number of benzene rings is 1. The Labute approximate surface area is 135 Å². The van der Waals surface area contributed by atoms with Gasteiger partial charge in [-0.1, -0.05) is 30.3 Å². The summed E-state index contributed by atoms with van der Waals surface area (Å²) in [6, 6.07) is 14.6. The Balaban J connectivity index is 1.98. The van der Waals surface area contributed by atoms with E-state index in [2.05, 4.69) is 10.3 Å². The summed E-state index contributed by atoms with van der Waals surface area (Å²) in [7, 11) is 0. The molecule has 0 amide bonds. The van der Waals surface area contributed by atoms with Gasteiger partial charge in [0.15, 0.2) is 0 Å². The van der Waals surface area contributed by atoms with Crippen LogP contribution in [0.4, 0.5) is 0 Å². The van der Waals surface area contributed by atoms with Crippen molar-refractivity contribution in [2.75, 3.05) is 13.2 Å². The smallest absolute Gasteiger partial charge is 0.327 e. The minimum Gasteiger partial charge on any atom is -0.465 e. The van der Waals surface area contributed by atoms with Gasteiger partial charge in [-0.2, -0.15) is 5.26 Å². The molecule has 23 heavy (non-hydrogen) atoms. The molecule has 1 atom stereocenters. The zero-order chi connectivity index (χ0) is 16.5. The van der Waals surface area contributed by atoms with Gasteiger partial charge in [0.05, 0.1) is 12.2 Å². The summed E-state index contributed by atoms with van der Waals surface area (Å²) in [6.45, 7) is 2.72. The summed E-state index contributed by atoms with van der Waals surface area (Å²) in [5.74, 6) is -0.286. The van der Waals surface area contributed by atoms with Crippen LogP contribution >= 0.6 is 0 Å². The average molecular weight is 309 g/mol. The second-order valence-corrected chi connectivity index (χ2v) is 4.95. The maximum absolute atomic E-state index is 12.1. The average Bonchev–Trinajstić information content (AvgIpc) is 2.60. The standard InChI is InChI=1S/C18H19N3O2/c1-2-23-18(22)17(15-6-4-3-5-7-15)20-11-10-16-9-8-14(12-19)13-21-16/h3-9,13,17,20H,2,10-11H2,1H3. The first kappa shape index (κ1) is 16.7. The molecule has 0 saturated heterocycles. The topological polar surface area (TPSA) is 75.0 Å². The summed E-state index contributed by atoms with van der Waals surface area (Å²) in [4.78, 5) is 16.4. The van der Waals surface area contributed by atoms with Crippen LogP contribution in [0.2, 0.25) is 0 Å². The van der Waals surface area contributed by atoms with Crippen LogP contribution in [0.15, 0.2) is 48.7 Å². The van der Waals surface area contributed by atoms with Gasteiger partial charge in [0, 0.05) is 24.9 Å². The molecule has 0 aliphatic rings. The summed E-state index contributed by atoms with van der Waals surface area (Å²) in [6.07, 6.45) is 2.21. The lowest BCUT2D eigenvalue weighted by Gasteiger charge is -2.17.